The maximum Gasteiger partial charge on any atom is 0.159 e. The van der Waals surface area contributed by atoms with Crippen molar-refractivity contribution in [2.75, 3.05) is 0 Å². The van der Waals surface area contributed by atoms with E-state index in [2.05, 4.69) is 157 Å². The molecule has 250 valence electrons. The molecule has 0 bridgehead atoms. The van der Waals surface area contributed by atoms with Crippen molar-refractivity contribution in [1.82, 2.24) is 5.32 Å². The standard InChI is InChI=1S/C49H33N3O/c1-3-11-32(12-4-1)34-19-21-35(22-20-34)36-23-26-38(27-24-36)48-50-47(37-14-5-2-6-15-37)51-49(52-48)43-30-29-41(40-28-25-33-13-7-8-16-39(33)31-40)46-45(43)42-17-9-10-18-44(42)53-46/h1-31,49H,(H,50,51,52). The third-order valence-electron chi connectivity index (χ3n) is 10.2. The van der Waals surface area contributed by atoms with Gasteiger partial charge in [0.05, 0.1) is 0 Å². The number of fused-ring (bicyclic) bond motifs is 4. The first kappa shape index (κ1) is 30.8. The summed E-state index contributed by atoms with van der Waals surface area (Å²) < 4.78 is 6.69. The molecular formula is C49H33N3O. The smallest absolute Gasteiger partial charge is 0.159 e. The van der Waals surface area contributed by atoms with E-state index in [-0.39, 0.29) is 0 Å². The van der Waals surface area contributed by atoms with Crippen LogP contribution in [0, 0.1) is 0 Å². The highest BCUT2D eigenvalue weighted by atomic mass is 16.3. The zero-order chi connectivity index (χ0) is 35.1. The molecule has 0 saturated heterocycles. The van der Waals surface area contributed by atoms with Crippen molar-refractivity contribution in [2.45, 2.75) is 6.17 Å². The fraction of sp³-hybridized carbons (Fsp3) is 0.0204. The molecule has 0 fully saturated rings. The van der Waals surface area contributed by atoms with Crippen LogP contribution in [-0.4, -0.2) is 11.7 Å². The Bertz CT molecular complexity index is 2830. The van der Waals surface area contributed by atoms with Crippen molar-refractivity contribution in [3.05, 3.63) is 205 Å². The molecule has 0 spiro atoms. The fourth-order valence-electron chi connectivity index (χ4n) is 7.44. The second-order valence-electron chi connectivity index (χ2n) is 13.4. The van der Waals surface area contributed by atoms with Crippen LogP contribution in [0.1, 0.15) is 22.9 Å². The Labute approximate surface area is 307 Å². The first-order valence-corrected chi connectivity index (χ1v) is 17.9. The predicted octanol–water partition coefficient (Wildman–Crippen LogP) is 12.2. The van der Waals surface area contributed by atoms with Crippen molar-refractivity contribution in [3.63, 3.8) is 0 Å². The second-order valence-corrected chi connectivity index (χ2v) is 13.4. The Morgan fingerprint density at radius 3 is 1.74 bits per heavy atom. The van der Waals surface area contributed by atoms with Gasteiger partial charge in [-0.25, -0.2) is 9.98 Å². The summed E-state index contributed by atoms with van der Waals surface area (Å²) in [7, 11) is 0. The summed E-state index contributed by atoms with van der Waals surface area (Å²) >= 11 is 0. The highest BCUT2D eigenvalue weighted by molar-refractivity contribution is 6.15. The molecule has 1 N–H and O–H groups in total. The van der Waals surface area contributed by atoms with E-state index in [0.717, 1.165) is 61.2 Å². The Morgan fingerprint density at radius 2 is 1.02 bits per heavy atom. The van der Waals surface area contributed by atoms with E-state index in [4.69, 9.17) is 14.4 Å². The highest BCUT2D eigenvalue weighted by Crippen LogP contribution is 2.41. The molecule has 2 heterocycles. The molecular weight excluding hydrogens is 647 g/mol. The molecule has 0 aliphatic carbocycles. The second kappa shape index (κ2) is 12.9. The molecule has 1 aliphatic rings. The van der Waals surface area contributed by atoms with E-state index in [0.29, 0.717) is 5.84 Å². The average molecular weight is 680 g/mol. The van der Waals surface area contributed by atoms with Crippen LogP contribution in [0.3, 0.4) is 0 Å². The zero-order valence-electron chi connectivity index (χ0n) is 28.8. The molecule has 0 amide bonds. The molecule has 53 heavy (non-hydrogen) atoms. The molecule has 4 nitrogen and oxygen atoms in total. The lowest BCUT2D eigenvalue weighted by atomic mass is 9.95. The van der Waals surface area contributed by atoms with Crippen LogP contribution in [0.5, 0.6) is 0 Å². The number of benzene rings is 8. The first-order chi connectivity index (χ1) is 26.2. The summed E-state index contributed by atoms with van der Waals surface area (Å²) in [6.07, 6.45) is -0.405. The van der Waals surface area contributed by atoms with E-state index in [1.165, 1.54) is 27.5 Å². The number of rotatable bonds is 6. The number of hydrogen-bond acceptors (Lipinski definition) is 4. The average Bonchev–Trinajstić information content (AvgIpc) is 3.64. The van der Waals surface area contributed by atoms with Gasteiger partial charge in [0.1, 0.15) is 23.2 Å². The highest BCUT2D eigenvalue weighted by Gasteiger charge is 2.26. The van der Waals surface area contributed by atoms with Gasteiger partial charge in [0.2, 0.25) is 0 Å². The summed E-state index contributed by atoms with van der Waals surface area (Å²) in [5.74, 6) is 1.46. The molecule has 4 heteroatoms. The van der Waals surface area contributed by atoms with Crippen LogP contribution in [0.2, 0.25) is 0 Å². The molecule has 1 aliphatic heterocycles. The van der Waals surface area contributed by atoms with Gasteiger partial charge in [0.15, 0.2) is 5.84 Å². The van der Waals surface area contributed by atoms with Crippen molar-refractivity contribution in [2.24, 2.45) is 9.98 Å². The maximum absolute atomic E-state index is 6.69. The monoisotopic (exact) mass is 679 g/mol. The number of amidine groups is 2. The van der Waals surface area contributed by atoms with Gasteiger partial charge in [0, 0.05) is 33.0 Å². The Kier molecular flexibility index (Phi) is 7.51. The van der Waals surface area contributed by atoms with Crippen LogP contribution in [-0.2, 0) is 0 Å². The molecule has 9 aromatic rings. The lowest BCUT2D eigenvalue weighted by molar-refractivity contribution is 0.663. The molecule has 1 unspecified atom stereocenters. The van der Waals surface area contributed by atoms with Gasteiger partial charge in [-0.3, -0.25) is 0 Å². The van der Waals surface area contributed by atoms with Crippen LogP contribution in [0.4, 0.5) is 0 Å². The van der Waals surface area contributed by atoms with E-state index in [1.54, 1.807) is 0 Å². The number of aliphatic imine (C=N–C) groups is 2. The van der Waals surface area contributed by atoms with Gasteiger partial charge in [-0.2, -0.15) is 0 Å². The van der Waals surface area contributed by atoms with Gasteiger partial charge in [0.25, 0.3) is 0 Å². The number of para-hydroxylation sites is 1. The van der Waals surface area contributed by atoms with E-state index in [1.807, 2.05) is 36.4 Å². The van der Waals surface area contributed by atoms with Crippen LogP contribution >= 0.6 is 0 Å². The van der Waals surface area contributed by atoms with Crippen LogP contribution < -0.4 is 5.32 Å². The first-order valence-electron chi connectivity index (χ1n) is 17.9. The topological polar surface area (TPSA) is 49.9 Å². The molecule has 0 saturated carbocycles. The minimum Gasteiger partial charge on any atom is -0.455 e. The van der Waals surface area contributed by atoms with Gasteiger partial charge in [-0.05, 0) is 50.7 Å². The minimum atomic E-state index is -0.405. The van der Waals surface area contributed by atoms with Crippen molar-refractivity contribution < 1.29 is 4.42 Å². The SMILES string of the molecule is c1ccc(C2=NC(c3ccc(-c4ccc5ccccc5c4)c4oc5ccccc5c34)NC(c3ccc(-c4ccc(-c5ccccc5)cc4)cc3)=N2)cc1. The zero-order valence-corrected chi connectivity index (χ0v) is 28.8. The summed E-state index contributed by atoms with van der Waals surface area (Å²) in [5.41, 5.74) is 11.6. The third-order valence-corrected chi connectivity index (χ3v) is 10.2. The van der Waals surface area contributed by atoms with Crippen molar-refractivity contribution >= 4 is 44.4 Å². The Hall–Kier alpha value is -7.04. The van der Waals surface area contributed by atoms with Gasteiger partial charge >= 0.3 is 0 Å². The third kappa shape index (κ3) is 5.67. The largest absolute Gasteiger partial charge is 0.455 e. The maximum atomic E-state index is 6.69. The van der Waals surface area contributed by atoms with Crippen LogP contribution in [0.25, 0.3) is 66.1 Å². The van der Waals surface area contributed by atoms with E-state index < -0.39 is 6.17 Å². The number of nitrogens with one attached hydrogen (secondary N) is 1. The van der Waals surface area contributed by atoms with E-state index >= 15 is 0 Å². The molecule has 1 aromatic heterocycles. The lowest BCUT2D eigenvalue weighted by Crippen LogP contribution is -2.33. The number of furan rings is 1. The Balaban J connectivity index is 1.05. The fourth-order valence-corrected chi connectivity index (χ4v) is 7.44. The summed E-state index contributed by atoms with van der Waals surface area (Å²) in [5, 5.41) is 8.24. The van der Waals surface area contributed by atoms with Crippen LogP contribution in [0.15, 0.2) is 202 Å². The lowest BCUT2D eigenvalue weighted by Gasteiger charge is -2.24. The van der Waals surface area contributed by atoms with E-state index in [9.17, 15) is 0 Å². The summed E-state index contributed by atoms with van der Waals surface area (Å²) in [4.78, 5) is 10.4. The van der Waals surface area contributed by atoms with Gasteiger partial charge < -0.3 is 9.73 Å². The molecule has 0 radical (unpaired) electrons. The quantitative estimate of drug-likeness (QED) is 0.190. The Morgan fingerprint density at radius 1 is 0.453 bits per heavy atom. The van der Waals surface area contributed by atoms with Crippen molar-refractivity contribution in [1.29, 1.82) is 0 Å². The summed E-state index contributed by atoms with van der Waals surface area (Å²) in [6.45, 7) is 0. The van der Waals surface area contributed by atoms with Crippen molar-refractivity contribution in [3.8, 4) is 33.4 Å². The normalized spacial score (nSPS) is 14.2. The molecule has 10 rings (SSSR count). The predicted molar refractivity (Wildman–Crippen MR) is 219 cm³/mol. The minimum absolute atomic E-state index is 0.405. The number of hydrogen-bond donors (Lipinski definition) is 1. The molecule has 8 aromatic carbocycles. The van der Waals surface area contributed by atoms with Gasteiger partial charge in [-0.15, -0.1) is 0 Å². The molecule has 1 atom stereocenters. The van der Waals surface area contributed by atoms with Gasteiger partial charge in [-0.1, -0.05) is 176 Å². The summed E-state index contributed by atoms with van der Waals surface area (Å²) in [6, 6.07) is 65.8. The number of nitrogens with zero attached hydrogens (tertiary/aromatic N) is 2.